The summed E-state index contributed by atoms with van der Waals surface area (Å²) in [7, 11) is 0. The van der Waals surface area contributed by atoms with Crippen LogP contribution < -0.4 is 0 Å². The van der Waals surface area contributed by atoms with Crippen LogP contribution in [0.1, 0.15) is 15.9 Å². The minimum absolute atomic E-state index is 0.233. The third-order valence-electron chi connectivity index (χ3n) is 1.62. The molecule has 0 amide bonds. The molecule has 0 heterocycles. The molecule has 76 valence electrons. The zero-order valence-electron chi connectivity index (χ0n) is 7.10. The minimum atomic E-state index is -1.36. The van der Waals surface area contributed by atoms with Crippen LogP contribution in [0.2, 0.25) is 5.02 Å². The van der Waals surface area contributed by atoms with Crippen molar-refractivity contribution >= 4 is 23.3 Å². The first kappa shape index (κ1) is 10.9. The summed E-state index contributed by atoms with van der Waals surface area (Å²) in [6.07, 6.45) is 0. The van der Waals surface area contributed by atoms with Gasteiger partial charge in [-0.05, 0) is 6.07 Å². The first-order valence-corrected chi connectivity index (χ1v) is 3.96. The average molecular weight is 227 g/mol. The number of aromatic carboxylic acids is 1. The van der Waals surface area contributed by atoms with Gasteiger partial charge < -0.3 is 5.11 Å². The predicted molar refractivity (Wildman–Crippen MR) is 49.8 cm³/mol. The maximum atomic E-state index is 10.6. The van der Waals surface area contributed by atoms with Gasteiger partial charge in [0.1, 0.15) is 11.1 Å². The lowest BCUT2D eigenvalue weighted by Crippen LogP contribution is -2.00. The highest BCUT2D eigenvalue weighted by Crippen LogP contribution is 2.29. The van der Waals surface area contributed by atoms with Crippen molar-refractivity contribution in [3.05, 3.63) is 38.4 Å². The Labute approximate surface area is 88.5 Å². The van der Waals surface area contributed by atoms with Crippen LogP contribution in [-0.4, -0.2) is 16.0 Å². The van der Waals surface area contributed by atoms with Gasteiger partial charge in [0, 0.05) is 6.07 Å². The van der Waals surface area contributed by atoms with Crippen molar-refractivity contribution in [2.45, 2.75) is 0 Å². The van der Waals surface area contributed by atoms with Crippen molar-refractivity contribution in [2.75, 3.05) is 0 Å². The number of nitro groups is 1. The first-order valence-electron chi connectivity index (χ1n) is 3.58. The van der Waals surface area contributed by atoms with E-state index < -0.39 is 16.6 Å². The average Bonchev–Trinajstić information content (AvgIpc) is 2.17. The molecule has 6 nitrogen and oxygen atoms in total. The molecule has 0 atom stereocenters. The highest BCUT2D eigenvalue weighted by molar-refractivity contribution is 6.34. The number of halogens is 1. The second kappa shape index (κ2) is 3.94. The van der Waals surface area contributed by atoms with E-state index in [4.69, 9.17) is 22.0 Å². The van der Waals surface area contributed by atoms with E-state index in [-0.39, 0.29) is 16.1 Å². The van der Waals surface area contributed by atoms with Crippen molar-refractivity contribution in [3.63, 3.8) is 0 Å². The Hall–Kier alpha value is -2.13. The van der Waals surface area contributed by atoms with E-state index in [0.29, 0.717) is 0 Å². The summed E-state index contributed by atoms with van der Waals surface area (Å²) < 4.78 is 0. The number of benzene rings is 1. The van der Waals surface area contributed by atoms with Crippen LogP contribution >= 0.6 is 11.6 Å². The number of nitriles is 1. The molecule has 0 aliphatic heterocycles. The van der Waals surface area contributed by atoms with Crippen LogP contribution in [-0.2, 0) is 0 Å². The lowest BCUT2D eigenvalue weighted by molar-refractivity contribution is -0.384. The van der Waals surface area contributed by atoms with Gasteiger partial charge in [0.2, 0.25) is 0 Å². The van der Waals surface area contributed by atoms with E-state index in [2.05, 4.69) is 0 Å². The van der Waals surface area contributed by atoms with Crippen LogP contribution in [0, 0.1) is 21.4 Å². The summed E-state index contributed by atoms with van der Waals surface area (Å²) >= 11 is 5.52. The summed E-state index contributed by atoms with van der Waals surface area (Å²) in [6, 6.07) is 3.38. The number of rotatable bonds is 2. The van der Waals surface area contributed by atoms with Gasteiger partial charge in [-0.1, -0.05) is 11.6 Å². The van der Waals surface area contributed by atoms with Crippen molar-refractivity contribution in [2.24, 2.45) is 0 Å². The SMILES string of the molecule is N#Cc1cc(C(=O)O)cc([N+](=O)[O-])c1Cl. The summed E-state index contributed by atoms with van der Waals surface area (Å²) in [6.45, 7) is 0. The Morgan fingerprint density at radius 3 is 2.60 bits per heavy atom. The molecule has 1 N–H and O–H groups in total. The molecule has 0 fully saturated rings. The number of nitrogens with zero attached hydrogens (tertiary/aromatic N) is 2. The normalized spacial score (nSPS) is 9.33. The lowest BCUT2D eigenvalue weighted by atomic mass is 10.1. The zero-order valence-corrected chi connectivity index (χ0v) is 7.85. The van der Waals surface area contributed by atoms with E-state index in [1.165, 1.54) is 0 Å². The van der Waals surface area contributed by atoms with E-state index in [1.807, 2.05) is 0 Å². The number of carboxylic acid groups (broad SMARTS) is 1. The number of hydrogen-bond donors (Lipinski definition) is 1. The molecule has 1 rings (SSSR count). The third-order valence-corrected chi connectivity index (χ3v) is 2.01. The second-order valence-corrected chi connectivity index (χ2v) is 2.91. The van der Waals surface area contributed by atoms with Gasteiger partial charge >= 0.3 is 5.97 Å². The van der Waals surface area contributed by atoms with Crippen LogP contribution in [0.25, 0.3) is 0 Å². The molecule has 0 aliphatic carbocycles. The Morgan fingerprint density at radius 1 is 1.60 bits per heavy atom. The fourth-order valence-electron chi connectivity index (χ4n) is 0.947. The summed E-state index contributed by atoms with van der Waals surface area (Å²) in [5.74, 6) is -1.36. The Kier molecular flexibility index (Phi) is 2.87. The minimum Gasteiger partial charge on any atom is -0.478 e. The quantitative estimate of drug-likeness (QED) is 0.612. The molecular formula is C8H3ClN2O4. The molecule has 1 aromatic rings. The molecule has 1 aromatic carbocycles. The van der Waals surface area contributed by atoms with E-state index in [9.17, 15) is 14.9 Å². The van der Waals surface area contributed by atoms with Crippen molar-refractivity contribution < 1.29 is 14.8 Å². The van der Waals surface area contributed by atoms with Crippen LogP contribution in [0.3, 0.4) is 0 Å². The Balaban J connectivity index is 3.54. The smallest absolute Gasteiger partial charge is 0.335 e. The van der Waals surface area contributed by atoms with Crippen molar-refractivity contribution in [1.29, 1.82) is 5.26 Å². The molecule has 7 heteroatoms. The van der Waals surface area contributed by atoms with Gasteiger partial charge in [0.25, 0.3) is 5.69 Å². The highest BCUT2D eigenvalue weighted by Gasteiger charge is 2.20. The lowest BCUT2D eigenvalue weighted by Gasteiger charge is -1.99. The van der Waals surface area contributed by atoms with Crippen LogP contribution in [0.5, 0.6) is 0 Å². The van der Waals surface area contributed by atoms with Crippen molar-refractivity contribution in [1.82, 2.24) is 0 Å². The molecule has 0 saturated carbocycles. The monoisotopic (exact) mass is 226 g/mol. The van der Waals surface area contributed by atoms with Gasteiger partial charge in [-0.25, -0.2) is 4.79 Å². The Morgan fingerprint density at radius 2 is 2.20 bits per heavy atom. The standard InChI is InChI=1S/C8H3ClN2O4/c9-7-5(3-10)1-4(8(12)13)2-6(7)11(14)15/h1-2H,(H,12,13). The van der Waals surface area contributed by atoms with Gasteiger partial charge in [0.05, 0.1) is 16.1 Å². The fourth-order valence-corrected chi connectivity index (χ4v) is 1.17. The molecule has 15 heavy (non-hydrogen) atoms. The van der Waals surface area contributed by atoms with E-state index in [1.54, 1.807) is 6.07 Å². The predicted octanol–water partition coefficient (Wildman–Crippen LogP) is 1.82. The molecule has 0 aromatic heterocycles. The number of carbonyl (C=O) groups is 1. The molecular weight excluding hydrogens is 224 g/mol. The van der Waals surface area contributed by atoms with Gasteiger partial charge in [0.15, 0.2) is 0 Å². The molecule has 0 aliphatic rings. The topological polar surface area (TPSA) is 104 Å². The maximum absolute atomic E-state index is 10.6. The van der Waals surface area contributed by atoms with Gasteiger partial charge in [-0.15, -0.1) is 0 Å². The van der Waals surface area contributed by atoms with Crippen LogP contribution in [0.4, 0.5) is 5.69 Å². The largest absolute Gasteiger partial charge is 0.478 e. The molecule has 0 bridgehead atoms. The molecule has 0 spiro atoms. The Bertz CT molecular complexity index is 492. The van der Waals surface area contributed by atoms with Gasteiger partial charge in [-0.3, -0.25) is 10.1 Å². The second-order valence-electron chi connectivity index (χ2n) is 2.53. The fraction of sp³-hybridized carbons (Fsp3) is 0. The zero-order chi connectivity index (χ0) is 11.6. The van der Waals surface area contributed by atoms with E-state index in [0.717, 1.165) is 12.1 Å². The summed E-state index contributed by atoms with van der Waals surface area (Å²) in [4.78, 5) is 20.2. The molecule has 0 unspecified atom stereocenters. The number of nitro benzene ring substituents is 1. The number of carboxylic acids is 1. The van der Waals surface area contributed by atoms with E-state index >= 15 is 0 Å². The molecule has 0 saturated heterocycles. The first-order chi connectivity index (χ1) is 6.97. The van der Waals surface area contributed by atoms with Crippen molar-refractivity contribution in [3.8, 4) is 6.07 Å². The van der Waals surface area contributed by atoms with Crippen LogP contribution in [0.15, 0.2) is 12.1 Å². The van der Waals surface area contributed by atoms with Gasteiger partial charge in [-0.2, -0.15) is 5.26 Å². The summed E-state index contributed by atoms with van der Waals surface area (Å²) in [5.41, 5.74) is -1.17. The number of hydrogen-bond acceptors (Lipinski definition) is 4. The molecule has 0 radical (unpaired) electrons. The summed E-state index contributed by atoms with van der Waals surface area (Å²) in [5, 5.41) is 27.3. The highest BCUT2D eigenvalue weighted by atomic mass is 35.5. The third kappa shape index (κ3) is 2.03. The maximum Gasteiger partial charge on any atom is 0.335 e.